The first-order chi connectivity index (χ1) is 6.85. The lowest BCUT2D eigenvalue weighted by molar-refractivity contribution is 0.192. The Balaban J connectivity index is 2.41. The second-order valence-electron chi connectivity index (χ2n) is 3.03. The topological polar surface area (TPSA) is 38.0 Å². The van der Waals surface area contributed by atoms with Gasteiger partial charge in [-0.15, -0.1) is 0 Å². The second kappa shape index (κ2) is 3.94. The van der Waals surface area contributed by atoms with Crippen LogP contribution in [0.2, 0.25) is 0 Å². The fourth-order valence-electron chi connectivity index (χ4n) is 1.41. The summed E-state index contributed by atoms with van der Waals surface area (Å²) >= 11 is 1.65. The Morgan fingerprint density at radius 3 is 2.93 bits per heavy atom. The summed E-state index contributed by atoms with van der Waals surface area (Å²) in [6.07, 6.45) is 0.887. The molecular weight excluding hydrogens is 196 g/mol. The molecule has 2 aromatic rings. The van der Waals surface area contributed by atoms with Crippen molar-refractivity contribution in [1.82, 2.24) is 9.78 Å². The molecule has 4 heteroatoms. The fourth-order valence-corrected chi connectivity index (χ4v) is 2.06. The average molecular weight is 208 g/mol. The van der Waals surface area contributed by atoms with E-state index in [1.165, 1.54) is 0 Å². The zero-order valence-electron chi connectivity index (χ0n) is 7.97. The molecule has 0 amide bonds. The van der Waals surface area contributed by atoms with Gasteiger partial charge in [-0.1, -0.05) is 6.92 Å². The number of aryl methyl sites for hydroxylation is 1. The molecule has 0 fully saturated rings. The van der Waals surface area contributed by atoms with E-state index in [0.29, 0.717) is 0 Å². The molecule has 0 radical (unpaired) electrons. The summed E-state index contributed by atoms with van der Waals surface area (Å²) in [7, 11) is 0. The Morgan fingerprint density at radius 1 is 1.57 bits per heavy atom. The van der Waals surface area contributed by atoms with Gasteiger partial charge < -0.3 is 5.11 Å². The molecule has 2 heterocycles. The maximum absolute atomic E-state index is 9.06. The zero-order valence-corrected chi connectivity index (χ0v) is 8.79. The molecule has 0 saturated heterocycles. The van der Waals surface area contributed by atoms with E-state index in [9.17, 15) is 0 Å². The minimum Gasteiger partial charge on any atom is -0.374 e. The average Bonchev–Trinajstić information content (AvgIpc) is 2.85. The Hall–Kier alpha value is -1.13. The number of aliphatic hydroxyl groups excluding tert-OH is 1. The lowest BCUT2D eigenvalue weighted by Gasteiger charge is -1.98. The lowest BCUT2D eigenvalue weighted by Crippen LogP contribution is -2.02. The van der Waals surface area contributed by atoms with Gasteiger partial charge in [-0.05, 0) is 23.9 Å². The monoisotopic (exact) mass is 208 g/mol. The molecule has 2 aromatic heterocycles. The van der Waals surface area contributed by atoms with E-state index in [1.807, 2.05) is 17.5 Å². The third-order valence-electron chi connectivity index (χ3n) is 2.18. The van der Waals surface area contributed by atoms with Crippen molar-refractivity contribution in [2.75, 3.05) is 0 Å². The van der Waals surface area contributed by atoms with E-state index in [0.717, 1.165) is 23.4 Å². The largest absolute Gasteiger partial charge is 0.374 e. The number of aromatic nitrogens is 2. The van der Waals surface area contributed by atoms with Crippen LogP contribution in [0.5, 0.6) is 0 Å². The molecule has 1 N–H and O–H groups in total. The molecule has 0 atom stereocenters. The van der Waals surface area contributed by atoms with Crippen LogP contribution in [0.4, 0.5) is 0 Å². The number of hydrogen-bond donors (Lipinski definition) is 1. The quantitative estimate of drug-likeness (QED) is 0.839. The van der Waals surface area contributed by atoms with Crippen molar-refractivity contribution in [2.45, 2.75) is 20.1 Å². The smallest absolute Gasteiger partial charge is 0.136 e. The van der Waals surface area contributed by atoms with Crippen molar-refractivity contribution in [2.24, 2.45) is 0 Å². The fraction of sp³-hybridized carbons (Fsp3) is 0.300. The molecular formula is C10H12N2OS. The van der Waals surface area contributed by atoms with Gasteiger partial charge in [-0.2, -0.15) is 16.4 Å². The van der Waals surface area contributed by atoms with Crippen LogP contribution >= 0.6 is 11.3 Å². The maximum Gasteiger partial charge on any atom is 0.136 e. The number of rotatable bonds is 3. The van der Waals surface area contributed by atoms with Crippen LogP contribution in [0.1, 0.15) is 12.6 Å². The van der Waals surface area contributed by atoms with Crippen LogP contribution < -0.4 is 0 Å². The van der Waals surface area contributed by atoms with Gasteiger partial charge in [0.05, 0.1) is 5.69 Å². The summed E-state index contributed by atoms with van der Waals surface area (Å²) < 4.78 is 1.63. The molecule has 0 aliphatic rings. The van der Waals surface area contributed by atoms with Crippen LogP contribution in [0.15, 0.2) is 22.9 Å². The first-order valence-electron chi connectivity index (χ1n) is 4.55. The summed E-state index contributed by atoms with van der Waals surface area (Å²) in [5.41, 5.74) is 3.13. The highest BCUT2D eigenvalue weighted by molar-refractivity contribution is 7.08. The van der Waals surface area contributed by atoms with E-state index < -0.39 is 0 Å². The highest BCUT2D eigenvalue weighted by atomic mass is 32.1. The van der Waals surface area contributed by atoms with E-state index in [2.05, 4.69) is 17.4 Å². The summed E-state index contributed by atoms with van der Waals surface area (Å²) in [4.78, 5) is 0. The van der Waals surface area contributed by atoms with Crippen molar-refractivity contribution in [3.63, 3.8) is 0 Å². The Bertz CT molecular complexity index is 384. The van der Waals surface area contributed by atoms with Crippen LogP contribution in [-0.2, 0) is 13.2 Å². The molecule has 0 spiro atoms. The summed E-state index contributed by atoms with van der Waals surface area (Å²) in [6, 6.07) is 4.06. The van der Waals surface area contributed by atoms with Crippen molar-refractivity contribution in [3.05, 3.63) is 28.6 Å². The Labute approximate surface area is 86.6 Å². The number of hydrogen-bond acceptors (Lipinski definition) is 3. The van der Waals surface area contributed by atoms with Crippen molar-refractivity contribution in [1.29, 1.82) is 0 Å². The van der Waals surface area contributed by atoms with Crippen LogP contribution in [0, 0.1) is 0 Å². The highest BCUT2D eigenvalue weighted by Crippen LogP contribution is 2.21. The number of thiophene rings is 1. The van der Waals surface area contributed by atoms with Gasteiger partial charge in [0.15, 0.2) is 0 Å². The molecule has 14 heavy (non-hydrogen) atoms. The van der Waals surface area contributed by atoms with E-state index >= 15 is 0 Å². The third kappa shape index (κ3) is 1.58. The van der Waals surface area contributed by atoms with Gasteiger partial charge >= 0.3 is 0 Å². The maximum atomic E-state index is 9.06. The van der Waals surface area contributed by atoms with Gasteiger partial charge in [-0.25, -0.2) is 4.68 Å². The Kier molecular flexibility index (Phi) is 2.65. The first kappa shape index (κ1) is 9.43. The number of aliphatic hydroxyl groups is 1. The lowest BCUT2D eigenvalue weighted by atomic mass is 10.2. The third-order valence-corrected chi connectivity index (χ3v) is 2.86. The normalized spacial score (nSPS) is 10.7. The molecule has 0 aliphatic heterocycles. The molecule has 0 unspecified atom stereocenters. The van der Waals surface area contributed by atoms with Gasteiger partial charge in [0.2, 0.25) is 0 Å². The predicted molar refractivity (Wildman–Crippen MR) is 57.1 cm³/mol. The standard InChI is InChI=1S/C10H12N2OS/c1-2-9-5-10(11-12(9)7-13)8-3-4-14-6-8/h3-6,13H,2,7H2,1H3. The number of nitrogens with zero attached hydrogens (tertiary/aromatic N) is 2. The molecule has 0 saturated carbocycles. The van der Waals surface area contributed by atoms with Gasteiger partial charge in [0, 0.05) is 16.6 Å². The van der Waals surface area contributed by atoms with Crippen LogP contribution in [0.3, 0.4) is 0 Å². The summed E-state index contributed by atoms with van der Waals surface area (Å²) in [5, 5.41) is 17.5. The predicted octanol–water partition coefficient (Wildman–Crippen LogP) is 2.12. The van der Waals surface area contributed by atoms with E-state index in [1.54, 1.807) is 16.0 Å². The molecule has 2 rings (SSSR count). The molecule has 3 nitrogen and oxygen atoms in total. The molecule has 74 valence electrons. The van der Waals surface area contributed by atoms with Crippen molar-refractivity contribution >= 4 is 11.3 Å². The highest BCUT2D eigenvalue weighted by Gasteiger charge is 2.07. The van der Waals surface area contributed by atoms with Crippen molar-refractivity contribution in [3.8, 4) is 11.3 Å². The minimum atomic E-state index is -0.0483. The van der Waals surface area contributed by atoms with Crippen LogP contribution in [0.25, 0.3) is 11.3 Å². The second-order valence-corrected chi connectivity index (χ2v) is 3.81. The van der Waals surface area contributed by atoms with Crippen molar-refractivity contribution < 1.29 is 5.11 Å². The van der Waals surface area contributed by atoms with Crippen LogP contribution in [-0.4, -0.2) is 14.9 Å². The van der Waals surface area contributed by atoms with Gasteiger partial charge in [-0.3, -0.25) is 0 Å². The Morgan fingerprint density at radius 2 is 2.43 bits per heavy atom. The SMILES string of the molecule is CCc1cc(-c2ccsc2)nn1CO. The zero-order chi connectivity index (χ0) is 9.97. The van der Waals surface area contributed by atoms with E-state index in [4.69, 9.17) is 5.11 Å². The summed E-state index contributed by atoms with van der Waals surface area (Å²) in [5.74, 6) is 0. The molecule has 0 aromatic carbocycles. The van der Waals surface area contributed by atoms with Gasteiger partial charge in [0.1, 0.15) is 6.73 Å². The first-order valence-corrected chi connectivity index (χ1v) is 5.49. The summed E-state index contributed by atoms with van der Waals surface area (Å²) in [6.45, 7) is 2.01. The molecule has 0 bridgehead atoms. The van der Waals surface area contributed by atoms with E-state index in [-0.39, 0.29) is 6.73 Å². The molecule has 0 aliphatic carbocycles. The minimum absolute atomic E-state index is 0.0483. The van der Waals surface area contributed by atoms with Gasteiger partial charge in [0.25, 0.3) is 0 Å².